The van der Waals surface area contributed by atoms with E-state index in [0.29, 0.717) is 42.8 Å². The van der Waals surface area contributed by atoms with Crippen molar-refractivity contribution >= 4 is 23.4 Å². The highest BCUT2D eigenvalue weighted by molar-refractivity contribution is 6.28. The van der Waals surface area contributed by atoms with E-state index in [4.69, 9.17) is 11.6 Å². The third-order valence-corrected chi connectivity index (χ3v) is 6.61. The Morgan fingerprint density at radius 3 is 2.75 bits per heavy atom. The molecule has 2 N–H and O–H groups in total. The van der Waals surface area contributed by atoms with Gasteiger partial charge in [-0.2, -0.15) is 0 Å². The summed E-state index contributed by atoms with van der Waals surface area (Å²) >= 11 is 6.10. The quantitative estimate of drug-likeness (QED) is 0.669. The van der Waals surface area contributed by atoms with Crippen molar-refractivity contribution in [2.75, 3.05) is 18.4 Å². The van der Waals surface area contributed by atoms with Crippen molar-refractivity contribution < 1.29 is 18.0 Å². The zero-order chi connectivity index (χ0) is 22.6. The van der Waals surface area contributed by atoms with Gasteiger partial charge in [-0.3, -0.25) is 0 Å². The molecule has 3 aliphatic rings. The number of hydrogen-bond donors (Lipinski definition) is 2. The molecule has 2 aromatic rings. The lowest BCUT2D eigenvalue weighted by Gasteiger charge is -2.31. The lowest BCUT2D eigenvalue weighted by molar-refractivity contribution is 0.141. The number of anilines is 1. The van der Waals surface area contributed by atoms with E-state index in [0.717, 1.165) is 19.0 Å². The minimum Gasteiger partial charge on any atom is -0.363 e. The average molecular weight is 467 g/mol. The molecule has 11 heteroatoms. The molecule has 5 rings (SSSR count). The molecule has 0 radical (unpaired) electrons. The number of nitrogens with zero attached hydrogens (tertiary/aromatic N) is 4. The highest BCUT2D eigenvalue weighted by Crippen LogP contribution is 2.34. The Hall–Kier alpha value is -2.59. The summed E-state index contributed by atoms with van der Waals surface area (Å²) in [4.78, 5) is 25.2. The van der Waals surface area contributed by atoms with Crippen LogP contribution in [0, 0.1) is 5.82 Å². The van der Waals surface area contributed by atoms with E-state index < -0.39 is 23.8 Å². The maximum Gasteiger partial charge on any atom is 0.321 e. The first kappa shape index (κ1) is 21.3. The molecule has 4 heterocycles. The van der Waals surface area contributed by atoms with Gasteiger partial charge in [0, 0.05) is 36.3 Å². The SMILES string of the molecule is C[C@@H](Nc1nc(Cl)nc2c1CN(C(=O)N1C[C@@H]3C[C@H]1CN3)C2)c1cccc(C(F)F)c1F. The molecular weight excluding hydrogens is 445 g/mol. The first-order valence-electron chi connectivity index (χ1n) is 10.5. The van der Waals surface area contributed by atoms with Crippen LogP contribution in [0.1, 0.15) is 48.2 Å². The van der Waals surface area contributed by atoms with E-state index in [1.807, 2.05) is 4.90 Å². The molecular formula is C21H22ClF3N6O. The van der Waals surface area contributed by atoms with Crippen LogP contribution in [0.15, 0.2) is 18.2 Å². The smallest absolute Gasteiger partial charge is 0.321 e. The van der Waals surface area contributed by atoms with Crippen LogP contribution < -0.4 is 10.6 Å². The fourth-order valence-corrected chi connectivity index (χ4v) is 5.00. The van der Waals surface area contributed by atoms with Crippen LogP contribution in [0.3, 0.4) is 0 Å². The van der Waals surface area contributed by atoms with E-state index in [9.17, 15) is 18.0 Å². The van der Waals surface area contributed by atoms with Gasteiger partial charge in [-0.25, -0.2) is 27.9 Å². The number of halogens is 4. The Labute approximate surface area is 188 Å². The fraction of sp³-hybridized carbons (Fsp3) is 0.476. The van der Waals surface area contributed by atoms with Crippen LogP contribution in [0.4, 0.5) is 23.8 Å². The molecule has 7 nitrogen and oxygen atoms in total. The number of hydrogen-bond acceptors (Lipinski definition) is 5. The van der Waals surface area contributed by atoms with E-state index >= 15 is 0 Å². The second-order valence-electron chi connectivity index (χ2n) is 8.47. The minimum atomic E-state index is -2.91. The second-order valence-corrected chi connectivity index (χ2v) is 8.81. The van der Waals surface area contributed by atoms with Crippen LogP contribution in [-0.4, -0.2) is 51.0 Å². The van der Waals surface area contributed by atoms with Crippen molar-refractivity contribution in [3.8, 4) is 0 Å². The summed E-state index contributed by atoms with van der Waals surface area (Å²) in [5.41, 5.74) is 0.769. The van der Waals surface area contributed by atoms with Crippen molar-refractivity contribution in [2.24, 2.45) is 0 Å². The number of urea groups is 1. The van der Waals surface area contributed by atoms with Crippen molar-refractivity contribution in [1.82, 2.24) is 25.1 Å². The van der Waals surface area contributed by atoms with Crippen molar-refractivity contribution in [2.45, 2.75) is 51.0 Å². The van der Waals surface area contributed by atoms with Crippen LogP contribution in [0.25, 0.3) is 0 Å². The summed E-state index contributed by atoms with van der Waals surface area (Å²) in [6.45, 7) is 3.74. The number of alkyl halides is 2. The Kier molecular flexibility index (Phi) is 5.37. The number of likely N-dealkylation sites (tertiary alicyclic amines) is 1. The largest absolute Gasteiger partial charge is 0.363 e. The molecule has 3 aliphatic heterocycles. The summed E-state index contributed by atoms with van der Waals surface area (Å²) in [6, 6.07) is 3.76. The van der Waals surface area contributed by atoms with Gasteiger partial charge in [0.15, 0.2) is 0 Å². The molecule has 2 saturated heterocycles. The number of piperazine rings is 1. The third kappa shape index (κ3) is 3.65. The highest BCUT2D eigenvalue weighted by Gasteiger charge is 2.43. The number of amides is 2. The molecule has 1 aromatic heterocycles. The Morgan fingerprint density at radius 2 is 2.06 bits per heavy atom. The number of rotatable bonds is 4. The number of carbonyl (C=O) groups excluding carboxylic acids is 1. The van der Waals surface area contributed by atoms with Gasteiger partial charge in [-0.15, -0.1) is 0 Å². The first-order valence-corrected chi connectivity index (χ1v) is 10.9. The monoisotopic (exact) mass is 466 g/mol. The van der Waals surface area contributed by atoms with Crippen LogP contribution in [0.2, 0.25) is 5.28 Å². The molecule has 0 saturated carbocycles. The summed E-state index contributed by atoms with van der Waals surface area (Å²) < 4.78 is 40.8. The summed E-state index contributed by atoms with van der Waals surface area (Å²) in [6.07, 6.45) is -1.94. The zero-order valence-corrected chi connectivity index (χ0v) is 18.0. The first-order chi connectivity index (χ1) is 15.3. The number of carbonyl (C=O) groups is 1. The van der Waals surface area contributed by atoms with Crippen LogP contribution in [-0.2, 0) is 13.1 Å². The third-order valence-electron chi connectivity index (χ3n) is 6.44. The Balaban J connectivity index is 1.37. The Bertz CT molecular complexity index is 1070. The van der Waals surface area contributed by atoms with Gasteiger partial charge >= 0.3 is 6.03 Å². The molecule has 32 heavy (non-hydrogen) atoms. The van der Waals surface area contributed by atoms with Crippen LogP contribution >= 0.6 is 11.6 Å². The van der Waals surface area contributed by atoms with Crippen LogP contribution in [0.5, 0.6) is 0 Å². The molecule has 2 amide bonds. The molecule has 1 aromatic carbocycles. The van der Waals surface area contributed by atoms with Gasteiger partial charge in [-0.05, 0) is 24.9 Å². The molecule has 170 valence electrons. The Morgan fingerprint density at radius 1 is 1.28 bits per heavy atom. The van der Waals surface area contributed by atoms with E-state index in [1.54, 1.807) is 11.8 Å². The topological polar surface area (TPSA) is 73.4 Å². The van der Waals surface area contributed by atoms with E-state index in [-0.39, 0.29) is 22.9 Å². The maximum absolute atomic E-state index is 14.6. The zero-order valence-electron chi connectivity index (χ0n) is 17.3. The fourth-order valence-electron chi connectivity index (χ4n) is 4.81. The van der Waals surface area contributed by atoms with Crippen molar-refractivity contribution in [1.29, 1.82) is 0 Å². The summed E-state index contributed by atoms with van der Waals surface area (Å²) in [7, 11) is 0. The molecule has 0 unspecified atom stereocenters. The van der Waals surface area contributed by atoms with Gasteiger partial charge in [0.1, 0.15) is 11.6 Å². The van der Waals surface area contributed by atoms with E-state index in [2.05, 4.69) is 20.6 Å². The second kappa shape index (κ2) is 8.08. The predicted octanol–water partition coefficient (Wildman–Crippen LogP) is 3.86. The maximum atomic E-state index is 14.6. The molecule has 2 fully saturated rings. The standard InChI is InChI=1S/C21H22ClF3N6O/c1-10(13-3-2-4-14(17(13)23)18(24)25)27-19-15-8-30(9-16(15)28-20(22)29-19)21(32)31-7-11-5-12(31)6-26-11/h2-4,10-12,18,26H,5-9H2,1H3,(H,27,28,29)/t10-,11+,12+/m1/s1. The van der Waals surface area contributed by atoms with Gasteiger partial charge in [0.25, 0.3) is 6.43 Å². The van der Waals surface area contributed by atoms with Crippen molar-refractivity contribution in [3.63, 3.8) is 0 Å². The molecule has 0 aliphatic carbocycles. The molecule has 2 bridgehead atoms. The van der Waals surface area contributed by atoms with Gasteiger partial charge in [0.05, 0.1) is 30.4 Å². The number of benzene rings is 1. The summed E-state index contributed by atoms with van der Waals surface area (Å²) in [5.74, 6) is -0.581. The number of aromatic nitrogens is 2. The lowest BCUT2D eigenvalue weighted by Crippen LogP contribution is -2.50. The van der Waals surface area contributed by atoms with Gasteiger partial charge < -0.3 is 20.4 Å². The molecule has 0 spiro atoms. The van der Waals surface area contributed by atoms with E-state index in [1.165, 1.54) is 12.1 Å². The summed E-state index contributed by atoms with van der Waals surface area (Å²) in [5, 5.41) is 6.46. The van der Waals surface area contributed by atoms with Crippen molar-refractivity contribution in [3.05, 3.63) is 51.7 Å². The normalized spacial score (nSPS) is 22.6. The highest BCUT2D eigenvalue weighted by atomic mass is 35.5. The lowest BCUT2D eigenvalue weighted by atomic mass is 10.0. The minimum absolute atomic E-state index is 0.000943. The van der Waals surface area contributed by atoms with Gasteiger partial charge in [-0.1, -0.05) is 18.2 Å². The number of nitrogens with one attached hydrogen (secondary N) is 2. The molecule has 3 atom stereocenters. The average Bonchev–Trinajstić information content (AvgIpc) is 3.48. The van der Waals surface area contributed by atoms with Gasteiger partial charge in [0.2, 0.25) is 5.28 Å². The predicted molar refractivity (Wildman–Crippen MR) is 112 cm³/mol. The number of fused-ring (bicyclic) bond motifs is 3.